The van der Waals surface area contributed by atoms with E-state index in [2.05, 4.69) is 29.8 Å². The number of tetrazole rings is 1. The zero-order valence-electron chi connectivity index (χ0n) is 16.3. The number of anilines is 1. The molecule has 10 nitrogen and oxygen atoms in total. The molecule has 2 aliphatic heterocycles. The Kier molecular flexibility index (Phi) is 5.01. The third-order valence-corrected chi connectivity index (χ3v) is 6.96. The first kappa shape index (κ1) is 19.2. The van der Waals surface area contributed by atoms with Crippen LogP contribution in [0.5, 0.6) is 0 Å². The number of pyridine rings is 1. The fraction of sp³-hybridized carbons (Fsp3) is 0.474. The van der Waals surface area contributed by atoms with Crippen molar-refractivity contribution >= 4 is 22.4 Å². The van der Waals surface area contributed by atoms with Crippen molar-refractivity contribution in [3.63, 3.8) is 0 Å². The van der Waals surface area contributed by atoms with Crippen LogP contribution in [-0.2, 0) is 4.79 Å². The van der Waals surface area contributed by atoms with E-state index in [1.165, 1.54) is 22.5 Å². The van der Waals surface area contributed by atoms with Crippen molar-refractivity contribution in [1.82, 2.24) is 34.5 Å². The summed E-state index contributed by atoms with van der Waals surface area (Å²) in [7, 11) is 0. The molecule has 1 unspecified atom stereocenters. The van der Waals surface area contributed by atoms with Crippen LogP contribution >= 0.6 is 11.5 Å². The van der Waals surface area contributed by atoms with E-state index >= 15 is 0 Å². The van der Waals surface area contributed by atoms with Crippen LogP contribution in [0.3, 0.4) is 0 Å². The fourth-order valence-corrected chi connectivity index (χ4v) is 4.98. The van der Waals surface area contributed by atoms with Crippen molar-refractivity contribution in [3.05, 3.63) is 42.5 Å². The van der Waals surface area contributed by atoms with Crippen molar-refractivity contribution in [2.24, 2.45) is 5.41 Å². The van der Waals surface area contributed by atoms with Crippen molar-refractivity contribution in [3.8, 4) is 5.82 Å². The van der Waals surface area contributed by atoms with Crippen LogP contribution in [0.2, 0.25) is 0 Å². The van der Waals surface area contributed by atoms with Gasteiger partial charge in [-0.1, -0.05) is 6.07 Å². The van der Waals surface area contributed by atoms with Crippen molar-refractivity contribution in [2.45, 2.75) is 25.4 Å². The average molecular weight is 427 g/mol. The van der Waals surface area contributed by atoms with E-state index in [9.17, 15) is 9.90 Å². The van der Waals surface area contributed by atoms with Gasteiger partial charge in [0.1, 0.15) is 11.3 Å². The summed E-state index contributed by atoms with van der Waals surface area (Å²) in [6.45, 7) is 2.89. The Bertz CT molecular complexity index is 984. The van der Waals surface area contributed by atoms with Gasteiger partial charge < -0.3 is 14.9 Å². The topological polar surface area (TPSA) is 113 Å². The number of aliphatic hydroxyl groups is 1. The molecule has 11 heteroatoms. The molecule has 0 saturated carbocycles. The summed E-state index contributed by atoms with van der Waals surface area (Å²) >= 11 is 1.37. The quantitative estimate of drug-likeness (QED) is 0.645. The molecule has 3 aromatic heterocycles. The molecule has 156 valence electrons. The smallest absolute Gasteiger partial charge is 0.234 e. The number of rotatable bonds is 5. The molecule has 1 N–H and O–H groups in total. The molecule has 5 rings (SSSR count). The van der Waals surface area contributed by atoms with Gasteiger partial charge in [-0.15, -0.1) is 5.10 Å². The van der Waals surface area contributed by atoms with E-state index in [4.69, 9.17) is 0 Å². The second-order valence-electron chi connectivity index (χ2n) is 7.86. The van der Waals surface area contributed by atoms with Crippen LogP contribution in [0.1, 0.15) is 30.9 Å². The minimum absolute atomic E-state index is 0.231. The molecule has 3 aromatic rings. The molecule has 2 aliphatic rings. The monoisotopic (exact) mass is 426 g/mol. The summed E-state index contributed by atoms with van der Waals surface area (Å²) in [6.07, 6.45) is 6.77. The van der Waals surface area contributed by atoms with Crippen LogP contribution in [0.4, 0.5) is 5.00 Å². The molecule has 0 aromatic carbocycles. The summed E-state index contributed by atoms with van der Waals surface area (Å²) < 4.78 is 5.59. The third-order valence-electron chi connectivity index (χ3n) is 6.19. The number of nitrogens with zero attached hydrogens (tertiary/aromatic N) is 8. The molecule has 2 fully saturated rings. The Morgan fingerprint density at radius 3 is 2.67 bits per heavy atom. The summed E-state index contributed by atoms with van der Waals surface area (Å²) in [4.78, 5) is 21.5. The number of likely N-dealkylation sites (tertiary alicyclic amines) is 1. The van der Waals surface area contributed by atoms with E-state index in [1.54, 1.807) is 18.5 Å². The maximum absolute atomic E-state index is 13.1. The van der Waals surface area contributed by atoms with Gasteiger partial charge in [-0.25, -0.2) is 4.98 Å². The number of piperidine rings is 1. The number of hydrogen-bond acceptors (Lipinski definition) is 9. The zero-order valence-corrected chi connectivity index (χ0v) is 17.1. The molecular weight excluding hydrogens is 404 g/mol. The number of aromatic nitrogens is 6. The van der Waals surface area contributed by atoms with Crippen molar-refractivity contribution < 1.29 is 9.90 Å². The summed E-state index contributed by atoms with van der Waals surface area (Å²) in [5.74, 6) is 0.829. The lowest BCUT2D eigenvalue weighted by Gasteiger charge is -2.38. The lowest BCUT2D eigenvalue weighted by molar-refractivity contribution is -0.128. The maximum atomic E-state index is 13.1. The number of carbonyl (C=O) groups is 1. The molecular formula is C19H22N8O2S. The Morgan fingerprint density at radius 1 is 1.17 bits per heavy atom. The first-order valence-electron chi connectivity index (χ1n) is 9.97. The minimum atomic E-state index is -0.637. The number of β-amino-alcohol motifs (C(OH)–C–C–N with tert-alkyl or cyclic N) is 1. The average Bonchev–Trinajstić information content (AvgIpc) is 3.53. The first-order chi connectivity index (χ1) is 14.6. The van der Waals surface area contributed by atoms with Gasteiger partial charge in [-0.2, -0.15) is 9.06 Å². The van der Waals surface area contributed by atoms with E-state index < -0.39 is 6.10 Å². The van der Waals surface area contributed by atoms with Gasteiger partial charge in [0.15, 0.2) is 5.82 Å². The van der Waals surface area contributed by atoms with Gasteiger partial charge in [-0.3, -0.25) is 4.79 Å². The third kappa shape index (κ3) is 3.48. The summed E-state index contributed by atoms with van der Waals surface area (Å²) in [5, 5.41) is 22.6. The zero-order chi connectivity index (χ0) is 20.6. The highest BCUT2D eigenvalue weighted by molar-refractivity contribution is 7.10. The Hall–Kier alpha value is -2.76. The SMILES string of the molecule is O=C1N(c2ccns2)CCC12CCN(CC(O)c1ccc(-n3cnnn3)nc1)CC2. The number of hydrogen-bond donors (Lipinski definition) is 1. The van der Waals surface area contributed by atoms with E-state index in [1.807, 2.05) is 17.0 Å². The molecule has 1 amide bonds. The Labute approximate surface area is 177 Å². The predicted octanol–water partition coefficient (Wildman–Crippen LogP) is 1.07. The Morgan fingerprint density at radius 2 is 2.00 bits per heavy atom. The van der Waals surface area contributed by atoms with E-state index in [-0.39, 0.29) is 11.3 Å². The van der Waals surface area contributed by atoms with Gasteiger partial charge in [0.2, 0.25) is 5.91 Å². The van der Waals surface area contributed by atoms with Crippen molar-refractivity contribution in [1.29, 1.82) is 0 Å². The molecule has 0 bridgehead atoms. The largest absolute Gasteiger partial charge is 0.387 e. The molecule has 0 aliphatic carbocycles. The lowest BCUT2D eigenvalue weighted by Crippen LogP contribution is -2.45. The van der Waals surface area contributed by atoms with Crippen LogP contribution in [0.25, 0.3) is 5.82 Å². The molecule has 2 saturated heterocycles. The number of carbonyl (C=O) groups excluding carboxylic acids is 1. The highest BCUT2D eigenvalue weighted by Gasteiger charge is 2.48. The van der Waals surface area contributed by atoms with Gasteiger partial charge in [-0.05, 0) is 66.4 Å². The van der Waals surface area contributed by atoms with Crippen LogP contribution in [0.15, 0.2) is 36.9 Å². The first-order valence-corrected chi connectivity index (χ1v) is 10.7. The van der Waals surface area contributed by atoms with E-state index in [0.29, 0.717) is 12.4 Å². The summed E-state index contributed by atoms with van der Waals surface area (Å²) in [6, 6.07) is 5.53. The van der Waals surface area contributed by atoms with E-state index in [0.717, 1.165) is 49.5 Å². The standard InChI is InChI=1S/C19H22N8O2S/c28-15(14-1-2-16(20-11-14)27-13-21-23-24-27)12-25-8-4-19(5-9-25)6-10-26(18(19)29)17-3-7-22-30-17/h1-3,7,11,13,15,28H,4-6,8-10,12H2. The van der Waals surface area contributed by atoms with Gasteiger partial charge in [0, 0.05) is 31.0 Å². The molecule has 5 heterocycles. The van der Waals surface area contributed by atoms with Gasteiger partial charge in [0.25, 0.3) is 0 Å². The second kappa shape index (κ2) is 7.82. The lowest BCUT2D eigenvalue weighted by atomic mass is 9.77. The van der Waals surface area contributed by atoms with Crippen LogP contribution in [-0.4, -0.2) is 71.7 Å². The number of amides is 1. The molecule has 1 atom stereocenters. The van der Waals surface area contributed by atoms with Gasteiger partial charge in [0.05, 0.1) is 11.5 Å². The Balaban J connectivity index is 1.18. The molecule has 1 spiro atoms. The van der Waals surface area contributed by atoms with Crippen LogP contribution in [0, 0.1) is 5.41 Å². The summed E-state index contributed by atoms with van der Waals surface area (Å²) in [5.41, 5.74) is 0.487. The maximum Gasteiger partial charge on any atom is 0.234 e. The predicted molar refractivity (Wildman–Crippen MR) is 109 cm³/mol. The van der Waals surface area contributed by atoms with Gasteiger partial charge >= 0.3 is 0 Å². The second-order valence-corrected chi connectivity index (χ2v) is 8.67. The number of aliphatic hydroxyl groups excluding tert-OH is 1. The fourth-order valence-electron chi connectivity index (χ4n) is 4.35. The highest BCUT2D eigenvalue weighted by atomic mass is 32.1. The molecule has 0 radical (unpaired) electrons. The highest BCUT2D eigenvalue weighted by Crippen LogP contribution is 2.43. The normalized spacial score (nSPS) is 20.2. The molecule has 30 heavy (non-hydrogen) atoms. The van der Waals surface area contributed by atoms with Crippen LogP contribution < -0.4 is 4.90 Å². The minimum Gasteiger partial charge on any atom is -0.387 e. The van der Waals surface area contributed by atoms with Crippen molar-refractivity contribution in [2.75, 3.05) is 31.1 Å².